The molecule has 0 saturated carbocycles. The summed E-state index contributed by atoms with van der Waals surface area (Å²) >= 11 is 3.25. The Morgan fingerprint density at radius 1 is 1.38 bits per heavy atom. The van der Waals surface area contributed by atoms with Crippen molar-refractivity contribution in [2.24, 2.45) is 0 Å². The van der Waals surface area contributed by atoms with Gasteiger partial charge < -0.3 is 5.32 Å². The molecular weight excluding hydrogens is 356 g/mol. The molecule has 1 saturated heterocycles. The molecule has 0 radical (unpaired) electrons. The molecule has 0 spiro atoms. The Labute approximate surface area is 132 Å². The van der Waals surface area contributed by atoms with Crippen LogP contribution in [0.5, 0.6) is 0 Å². The fraction of sp³-hybridized carbons (Fsp3) is 0.357. The maximum absolute atomic E-state index is 12.5. The number of carbonyl (C=O) groups excluding carboxylic acids is 1. The van der Waals surface area contributed by atoms with Gasteiger partial charge in [0.05, 0.1) is 17.0 Å². The molecule has 1 N–H and O–H groups in total. The molecule has 1 amide bonds. The normalized spacial score (nSPS) is 15.6. The van der Waals surface area contributed by atoms with Gasteiger partial charge in [0.1, 0.15) is 0 Å². The van der Waals surface area contributed by atoms with E-state index in [2.05, 4.69) is 27.2 Å². The Bertz CT molecular complexity index is 689. The molecule has 1 aromatic rings. The Balaban J connectivity index is 2.34. The third-order valence-corrected chi connectivity index (χ3v) is 5.82. The zero-order valence-electron chi connectivity index (χ0n) is 11.3. The van der Waals surface area contributed by atoms with Crippen molar-refractivity contribution in [2.75, 3.05) is 19.6 Å². The summed E-state index contributed by atoms with van der Waals surface area (Å²) < 4.78 is 26.9. The molecule has 0 aliphatic carbocycles. The van der Waals surface area contributed by atoms with Crippen molar-refractivity contribution in [3.63, 3.8) is 0 Å². The molecule has 0 unspecified atom stereocenters. The average Bonchev–Trinajstić information content (AvgIpc) is 3.00. The van der Waals surface area contributed by atoms with Crippen LogP contribution >= 0.6 is 15.9 Å². The van der Waals surface area contributed by atoms with E-state index in [4.69, 9.17) is 6.42 Å². The lowest BCUT2D eigenvalue weighted by atomic mass is 10.2. The van der Waals surface area contributed by atoms with Crippen LogP contribution in [0.1, 0.15) is 23.2 Å². The summed E-state index contributed by atoms with van der Waals surface area (Å²) in [5.41, 5.74) is 0.255. The van der Waals surface area contributed by atoms with Crippen molar-refractivity contribution in [3.05, 3.63) is 28.2 Å². The summed E-state index contributed by atoms with van der Waals surface area (Å²) in [4.78, 5) is 12.1. The zero-order valence-corrected chi connectivity index (χ0v) is 13.7. The van der Waals surface area contributed by atoms with Crippen LogP contribution in [0.3, 0.4) is 0 Å². The first-order valence-electron chi connectivity index (χ1n) is 6.48. The van der Waals surface area contributed by atoms with Gasteiger partial charge in [-0.3, -0.25) is 4.79 Å². The maximum Gasteiger partial charge on any atom is 0.253 e. The number of hydrogen-bond acceptors (Lipinski definition) is 3. The van der Waals surface area contributed by atoms with Gasteiger partial charge in [0.15, 0.2) is 0 Å². The third-order valence-electron chi connectivity index (χ3n) is 3.24. The van der Waals surface area contributed by atoms with Gasteiger partial charge in [-0.1, -0.05) is 5.92 Å². The Morgan fingerprint density at radius 2 is 2.05 bits per heavy atom. The standard InChI is InChI=1S/C14H15BrN2O3S/c1-2-7-16-14(18)12-10-11(5-6-13(12)15)21(19,20)17-8-3-4-9-17/h1,5-6,10H,3-4,7-9H2,(H,16,18). The predicted molar refractivity (Wildman–Crippen MR) is 83.3 cm³/mol. The number of nitrogens with one attached hydrogen (secondary N) is 1. The second-order valence-electron chi connectivity index (χ2n) is 4.64. The largest absolute Gasteiger partial charge is 0.341 e. The number of nitrogens with zero attached hydrogens (tertiary/aromatic N) is 1. The summed E-state index contributed by atoms with van der Waals surface area (Å²) in [6.45, 7) is 1.14. The smallest absolute Gasteiger partial charge is 0.253 e. The highest BCUT2D eigenvalue weighted by Gasteiger charge is 2.28. The Kier molecular flexibility index (Phi) is 5.04. The van der Waals surface area contributed by atoms with Crippen LogP contribution in [0.25, 0.3) is 0 Å². The van der Waals surface area contributed by atoms with Crippen molar-refractivity contribution in [2.45, 2.75) is 17.7 Å². The minimum atomic E-state index is -3.54. The number of rotatable bonds is 4. The fourth-order valence-corrected chi connectivity index (χ4v) is 4.11. The number of amides is 1. The van der Waals surface area contributed by atoms with Crippen LogP contribution in [0.2, 0.25) is 0 Å². The molecule has 1 heterocycles. The van der Waals surface area contributed by atoms with Crippen molar-refractivity contribution in [1.29, 1.82) is 0 Å². The van der Waals surface area contributed by atoms with Gasteiger partial charge in [-0.15, -0.1) is 6.42 Å². The van der Waals surface area contributed by atoms with Gasteiger partial charge in [0, 0.05) is 17.6 Å². The van der Waals surface area contributed by atoms with Gasteiger partial charge in [-0.25, -0.2) is 8.42 Å². The third kappa shape index (κ3) is 3.46. The summed E-state index contributed by atoms with van der Waals surface area (Å²) in [5, 5.41) is 2.52. The van der Waals surface area contributed by atoms with Crippen molar-refractivity contribution < 1.29 is 13.2 Å². The van der Waals surface area contributed by atoms with Crippen LogP contribution in [0, 0.1) is 12.3 Å². The number of hydrogen-bond donors (Lipinski definition) is 1. The molecule has 0 aromatic heterocycles. The first-order chi connectivity index (χ1) is 9.96. The van der Waals surface area contributed by atoms with E-state index in [-0.39, 0.29) is 17.0 Å². The zero-order chi connectivity index (χ0) is 15.5. The van der Waals surface area contributed by atoms with Crippen LogP contribution in [0.4, 0.5) is 0 Å². The van der Waals surface area contributed by atoms with Crippen molar-refractivity contribution in [3.8, 4) is 12.3 Å². The van der Waals surface area contributed by atoms with Crippen LogP contribution in [-0.4, -0.2) is 38.3 Å². The summed E-state index contributed by atoms with van der Waals surface area (Å²) in [5.74, 6) is 1.90. The van der Waals surface area contributed by atoms with Gasteiger partial charge in [0.25, 0.3) is 5.91 Å². The van der Waals surface area contributed by atoms with E-state index in [0.29, 0.717) is 17.6 Å². The number of benzene rings is 1. The highest BCUT2D eigenvalue weighted by atomic mass is 79.9. The lowest BCUT2D eigenvalue weighted by Gasteiger charge is -2.16. The molecule has 2 rings (SSSR count). The second-order valence-corrected chi connectivity index (χ2v) is 7.43. The predicted octanol–water partition coefficient (Wildman–Crippen LogP) is 1.60. The van der Waals surface area contributed by atoms with Gasteiger partial charge in [-0.05, 0) is 47.0 Å². The van der Waals surface area contributed by atoms with Crippen LogP contribution in [0.15, 0.2) is 27.6 Å². The molecule has 0 bridgehead atoms. The van der Waals surface area contributed by atoms with Crippen LogP contribution in [-0.2, 0) is 10.0 Å². The highest BCUT2D eigenvalue weighted by molar-refractivity contribution is 9.10. The van der Waals surface area contributed by atoms with Crippen molar-refractivity contribution in [1.82, 2.24) is 9.62 Å². The van der Waals surface area contributed by atoms with E-state index in [1.807, 2.05) is 0 Å². The quantitative estimate of drug-likeness (QED) is 0.818. The van der Waals surface area contributed by atoms with E-state index >= 15 is 0 Å². The lowest BCUT2D eigenvalue weighted by molar-refractivity contribution is 0.0957. The molecule has 21 heavy (non-hydrogen) atoms. The van der Waals surface area contributed by atoms with E-state index in [9.17, 15) is 13.2 Å². The first kappa shape index (κ1) is 16.0. The molecule has 1 fully saturated rings. The van der Waals surface area contributed by atoms with Gasteiger partial charge in [-0.2, -0.15) is 4.31 Å². The number of halogens is 1. The number of terminal acetylenes is 1. The Hall–Kier alpha value is -1.36. The SMILES string of the molecule is C#CCNC(=O)c1cc(S(=O)(=O)N2CCCC2)ccc1Br. The second kappa shape index (κ2) is 6.60. The van der Waals surface area contributed by atoms with E-state index in [1.54, 1.807) is 6.07 Å². The molecule has 7 heteroatoms. The van der Waals surface area contributed by atoms with E-state index in [0.717, 1.165) is 12.8 Å². The van der Waals surface area contributed by atoms with Gasteiger partial charge >= 0.3 is 0 Å². The highest BCUT2D eigenvalue weighted by Crippen LogP contribution is 2.25. The Morgan fingerprint density at radius 3 is 2.67 bits per heavy atom. The van der Waals surface area contributed by atoms with E-state index in [1.165, 1.54) is 16.4 Å². The maximum atomic E-state index is 12.5. The monoisotopic (exact) mass is 370 g/mol. The molecule has 112 valence electrons. The number of carbonyl (C=O) groups is 1. The molecule has 0 atom stereocenters. The van der Waals surface area contributed by atoms with E-state index < -0.39 is 15.9 Å². The first-order valence-corrected chi connectivity index (χ1v) is 8.71. The minimum Gasteiger partial charge on any atom is -0.341 e. The fourth-order valence-electron chi connectivity index (χ4n) is 2.14. The van der Waals surface area contributed by atoms with Crippen LogP contribution < -0.4 is 5.32 Å². The van der Waals surface area contributed by atoms with Crippen molar-refractivity contribution >= 4 is 31.9 Å². The number of sulfonamides is 1. The molecular formula is C14H15BrN2O3S. The lowest BCUT2D eigenvalue weighted by Crippen LogP contribution is -2.29. The topological polar surface area (TPSA) is 66.5 Å². The average molecular weight is 371 g/mol. The summed E-state index contributed by atoms with van der Waals surface area (Å²) in [6, 6.07) is 4.44. The van der Waals surface area contributed by atoms with Gasteiger partial charge in [0.2, 0.25) is 10.0 Å². The molecule has 1 aromatic carbocycles. The summed E-state index contributed by atoms with van der Waals surface area (Å²) in [6.07, 6.45) is 6.83. The minimum absolute atomic E-state index is 0.0916. The molecule has 5 nitrogen and oxygen atoms in total. The summed E-state index contributed by atoms with van der Waals surface area (Å²) in [7, 11) is -3.54. The molecule has 1 aliphatic heterocycles. The molecule has 1 aliphatic rings.